The molecule has 0 aromatic carbocycles. The number of hydrogen-bond donors (Lipinski definition) is 0. The van der Waals surface area contributed by atoms with E-state index in [-0.39, 0.29) is 0 Å². The first kappa shape index (κ1) is 17.5. The smallest absolute Gasteiger partial charge is 0.195 e. The Bertz CT molecular complexity index is 379. The third kappa shape index (κ3) is 5.75. The van der Waals surface area contributed by atoms with Gasteiger partial charge in [0, 0.05) is 0 Å². The van der Waals surface area contributed by atoms with Crippen molar-refractivity contribution in [1.29, 1.82) is 5.26 Å². The van der Waals surface area contributed by atoms with Gasteiger partial charge in [-0.25, -0.2) is 0 Å². The molecule has 0 unspecified atom stereocenters. The van der Waals surface area contributed by atoms with E-state index in [1.54, 1.807) is 12.1 Å². The Hall–Kier alpha value is -0.840. The molecule has 2 rings (SSSR count). The lowest BCUT2D eigenvalue weighted by molar-refractivity contribution is 0.221. The second kappa shape index (κ2) is 9.33. The van der Waals surface area contributed by atoms with E-state index in [1.165, 1.54) is 64.2 Å². The van der Waals surface area contributed by atoms with Crippen LogP contribution in [-0.4, -0.2) is 0 Å². The van der Waals surface area contributed by atoms with Crippen LogP contribution in [-0.2, 0) is 0 Å². The predicted molar refractivity (Wildman–Crippen MR) is 89.8 cm³/mol. The van der Waals surface area contributed by atoms with Gasteiger partial charge in [0.25, 0.3) is 0 Å². The Balaban J connectivity index is 1.61. The second-order valence-electron chi connectivity index (χ2n) is 7.66. The Morgan fingerprint density at radius 1 is 0.909 bits per heavy atom. The summed E-state index contributed by atoms with van der Waals surface area (Å²) in [7, 11) is 0. The summed E-state index contributed by atoms with van der Waals surface area (Å²) >= 11 is 0. The highest BCUT2D eigenvalue weighted by Crippen LogP contribution is 2.37. The molecule has 2 fully saturated rings. The van der Waals surface area contributed by atoms with Gasteiger partial charge in [0.1, 0.15) is 6.07 Å². The molecule has 0 bridgehead atoms. The van der Waals surface area contributed by atoms with E-state index in [0.29, 0.717) is 5.92 Å². The molecule has 2 saturated carbocycles. The fourth-order valence-electron chi connectivity index (χ4n) is 4.58. The van der Waals surface area contributed by atoms with Crippen LogP contribution in [0, 0.1) is 35.0 Å². The first-order valence-electron chi connectivity index (χ1n) is 9.48. The quantitative estimate of drug-likeness (QED) is 0.510. The molecule has 0 amide bonds. The van der Waals surface area contributed by atoms with E-state index < -0.39 is 5.83 Å². The summed E-state index contributed by atoms with van der Waals surface area (Å²) in [5.74, 6) is 2.55. The summed E-state index contributed by atoms with van der Waals surface area (Å²) in [5.41, 5.74) is 0. The molecule has 0 atom stereocenters. The number of nitriles is 1. The molecular weight excluding hydrogens is 273 g/mol. The minimum atomic E-state index is -0.590. The normalized spacial score (nSPS) is 33.4. The van der Waals surface area contributed by atoms with Crippen LogP contribution in [0.4, 0.5) is 4.39 Å². The van der Waals surface area contributed by atoms with Crippen LogP contribution in [0.3, 0.4) is 0 Å². The summed E-state index contributed by atoms with van der Waals surface area (Å²) in [6.45, 7) is 2.31. The summed E-state index contributed by atoms with van der Waals surface area (Å²) in [6.07, 6.45) is 17.5. The van der Waals surface area contributed by atoms with Gasteiger partial charge in [-0.3, -0.25) is 0 Å². The molecule has 22 heavy (non-hydrogen) atoms. The highest BCUT2D eigenvalue weighted by Gasteiger charge is 2.24. The van der Waals surface area contributed by atoms with Crippen molar-refractivity contribution in [3.63, 3.8) is 0 Å². The maximum absolute atomic E-state index is 13.0. The zero-order chi connectivity index (χ0) is 15.8. The lowest BCUT2D eigenvalue weighted by Gasteiger charge is -2.31. The Morgan fingerprint density at radius 2 is 1.36 bits per heavy atom. The molecule has 2 aliphatic rings. The number of hydrogen-bond acceptors (Lipinski definition) is 1. The van der Waals surface area contributed by atoms with Crippen molar-refractivity contribution in [2.75, 3.05) is 0 Å². The molecule has 0 spiro atoms. The second-order valence-corrected chi connectivity index (χ2v) is 7.66. The summed E-state index contributed by atoms with van der Waals surface area (Å²) in [5, 5.41) is 8.50. The maximum atomic E-state index is 13.0. The first-order chi connectivity index (χ1) is 10.7. The van der Waals surface area contributed by atoms with Crippen LogP contribution in [0.1, 0.15) is 84.0 Å². The Labute approximate surface area is 136 Å². The summed E-state index contributed by atoms with van der Waals surface area (Å²) in [4.78, 5) is 0. The molecule has 0 aromatic rings. The van der Waals surface area contributed by atoms with Crippen molar-refractivity contribution in [2.24, 2.45) is 23.7 Å². The average Bonchev–Trinajstić information content (AvgIpc) is 2.56. The fraction of sp³-hybridized carbons (Fsp3) is 0.850. The predicted octanol–water partition coefficient (Wildman–Crippen LogP) is 6.56. The van der Waals surface area contributed by atoms with Gasteiger partial charge in [-0.15, -0.1) is 0 Å². The molecule has 0 aliphatic heterocycles. The highest BCUT2D eigenvalue weighted by molar-refractivity contribution is 5.13. The van der Waals surface area contributed by atoms with Gasteiger partial charge in [-0.05, 0) is 55.4 Å². The SMILES string of the molecule is CCC[C@H]1CC[C@H](CC[C@H]2CC[C@H](/C=C(/F)C#N)CC2)CC1. The van der Waals surface area contributed by atoms with E-state index in [0.717, 1.165) is 30.6 Å². The molecular formula is C20H32FN. The molecule has 2 aliphatic carbocycles. The zero-order valence-electron chi connectivity index (χ0n) is 14.2. The van der Waals surface area contributed by atoms with E-state index in [1.807, 2.05) is 0 Å². The minimum absolute atomic E-state index is 0.306. The number of nitrogens with zero attached hydrogens (tertiary/aromatic N) is 1. The van der Waals surface area contributed by atoms with Gasteiger partial charge in [-0.1, -0.05) is 58.3 Å². The monoisotopic (exact) mass is 305 g/mol. The molecule has 0 N–H and O–H groups in total. The van der Waals surface area contributed by atoms with Crippen LogP contribution in [0.5, 0.6) is 0 Å². The lowest BCUT2D eigenvalue weighted by atomic mass is 9.75. The number of rotatable bonds is 6. The van der Waals surface area contributed by atoms with E-state index in [4.69, 9.17) is 5.26 Å². The van der Waals surface area contributed by atoms with Crippen LogP contribution in [0.2, 0.25) is 0 Å². The Kier molecular flexibility index (Phi) is 7.43. The van der Waals surface area contributed by atoms with Crippen LogP contribution in [0.25, 0.3) is 0 Å². The zero-order valence-corrected chi connectivity index (χ0v) is 14.2. The van der Waals surface area contributed by atoms with Crippen molar-refractivity contribution < 1.29 is 4.39 Å². The fourth-order valence-corrected chi connectivity index (χ4v) is 4.58. The third-order valence-electron chi connectivity index (χ3n) is 6.03. The number of halogens is 1. The largest absolute Gasteiger partial charge is 0.196 e. The van der Waals surface area contributed by atoms with Crippen molar-refractivity contribution >= 4 is 0 Å². The minimum Gasteiger partial charge on any atom is -0.195 e. The van der Waals surface area contributed by atoms with E-state index in [9.17, 15) is 4.39 Å². The standard InChI is InChI=1S/C20H32FN/c1-2-3-16-4-6-17(7-5-16)8-9-18-10-12-19(13-11-18)14-20(21)15-22/h14,16-19H,2-13H2,1H3/b20-14+/t16-,17-,18-,19-. The van der Waals surface area contributed by atoms with Crippen molar-refractivity contribution in [3.05, 3.63) is 11.9 Å². The van der Waals surface area contributed by atoms with Gasteiger partial charge >= 0.3 is 0 Å². The van der Waals surface area contributed by atoms with Crippen LogP contribution < -0.4 is 0 Å². The third-order valence-corrected chi connectivity index (χ3v) is 6.03. The van der Waals surface area contributed by atoms with Gasteiger partial charge in [0.05, 0.1) is 0 Å². The molecule has 1 nitrogen and oxygen atoms in total. The number of allylic oxidation sites excluding steroid dienone is 2. The van der Waals surface area contributed by atoms with Crippen molar-refractivity contribution in [3.8, 4) is 6.07 Å². The topological polar surface area (TPSA) is 23.8 Å². The van der Waals surface area contributed by atoms with E-state index in [2.05, 4.69) is 6.92 Å². The lowest BCUT2D eigenvalue weighted by Crippen LogP contribution is -2.17. The van der Waals surface area contributed by atoms with Crippen molar-refractivity contribution in [1.82, 2.24) is 0 Å². The van der Waals surface area contributed by atoms with Crippen molar-refractivity contribution in [2.45, 2.75) is 84.0 Å². The molecule has 0 heterocycles. The molecule has 0 radical (unpaired) electrons. The molecule has 0 aromatic heterocycles. The van der Waals surface area contributed by atoms with Gasteiger partial charge < -0.3 is 0 Å². The maximum Gasteiger partial charge on any atom is 0.196 e. The molecule has 0 saturated heterocycles. The first-order valence-corrected chi connectivity index (χ1v) is 9.48. The van der Waals surface area contributed by atoms with Gasteiger partial charge in [0.15, 0.2) is 5.83 Å². The van der Waals surface area contributed by atoms with Gasteiger partial charge in [0.2, 0.25) is 0 Å². The highest BCUT2D eigenvalue weighted by atomic mass is 19.1. The van der Waals surface area contributed by atoms with E-state index >= 15 is 0 Å². The molecule has 124 valence electrons. The van der Waals surface area contributed by atoms with Crippen LogP contribution in [0.15, 0.2) is 11.9 Å². The molecule has 2 heteroatoms. The Morgan fingerprint density at radius 3 is 1.82 bits per heavy atom. The summed E-state index contributed by atoms with van der Waals surface area (Å²) in [6, 6.07) is 1.60. The average molecular weight is 305 g/mol. The van der Waals surface area contributed by atoms with Gasteiger partial charge in [-0.2, -0.15) is 9.65 Å². The van der Waals surface area contributed by atoms with Crippen LogP contribution >= 0.6 is 0 Å². The summed E-state index contributed by atoms with van der Waals surface area (Å²) < 4.78 is 13.0.